The molecule has 0 atom stereocenters. The van der Waals surface area contributed by atoms with Crippen molar-refractivity contribution in [1.29, 1.82) is 0 Å². The summed E-state index contributed by atoms with van der Waals surface area (Å²) in [4.78, 5) is 0. The van der Waals surface area contributed by atoms with Gasteiger partial charge in [0.05, 0.1) is 5.75 Å². The van der Waals surface area contributed by atoms with E-state index in [1.54, 1.807) is 6.08 Å². The summed E-state index contributed by atoms with van der Waals surface area (Å²) in [7, 11) is -9.74. The van der Waals surface area contributed by atoms with E-state index in [2.05, 4.69) is 6.58 Å². The van der Waals surface area contributed by atoms with E-state index in [0.29, 0.717) is 12.8 Å². The van der Waals surface area contributed by atoms with Gasteiger partial charge in [0.25, 0.3) is 10.1 Å². The van der Waals surface area contributed by atoms with Crippen LogP contribution < -0.4 is 0 Å². The molecule has 14 heavy (non-hydrogen) atoms. The molecule has 0 aromatic heterocycles. The van der Waals surface area contributed by atoms with Crippen molar-refractivity contribution in [3.05, 3.63) is 12.7 Å². The Labute approximate surface area is 79.7 Å². The Balaban J connectivity index is 0. The molecule has 0 radical (unpaired) electrons. The standard InChI is InChI=1S/C5H10O3S.BF4/c1-2-3-4-5-9(6,7)8;2-1(3,4)5/h2H,1,3-5H2,(H,6,7,8);/q;-1. The van der Waals surface area contributed by atoms with E-state index in [-0.39, 0.29) is 5.75 Å². The van der Waals surface area contributed by atoms with E-state index in [1.807, 2.05) is 0 Å². The molecule has 0 aliphatic heterocycles. The molecule has 9 heteroatoms. The summed E-state index contributed by atoms with van der Waals surface area (Å²) in [5, 5.41) is 0. The molecule has 3 nitrogen and oxygen atoms in total. The van der Waals surface area contributed by atoms with Gasteiger partial charge in [-0.2, -0.15) is 8.42 Å². The van der Waals surface area contributed by atoms with Crippen LogP contribution in [0.1, 0.15) is 12.8 Å². The Hall–Kier alpha value is -0.565. The molecule has 0 saturated heterocycles. The average Bonchev–Trinajstić information content (AvgIpc) is 1.80. The van der Waals surface area contributed by atoms with Crippen LogP contribution >= 0.6 is 0 Å². The number of hydrogen-bond acceptors (Lipinski definition) is 2. The van der Waals surface area contributed by atoms with Gasteiger partial charge in [-0.1, -0.05) is 6.08 Å². The normalized spacial score (nSPS) is 11.5. The number of hydrogen-bond donors (Lipinski definition) is 1. The molecule has 0 bridgehead atoms. The first-order valence-corrected chi connectivity index (χ1v) is 5.10. The third kappa shape index (κ3) is 42.2. The predicted molar refractivity (Wildman–Crippen MR) is 46.0 cm³/mol. The van der Waals surface area contributed by atoms with Gasteiger partial charge in [0.2, 0.25) is 0 Å². The van der Waals surface area contributed by atoms with Crippen LogP contribution in [0.4, 0.5) is 17.3 Å². The second kappa shape index (κ2) is 6.82. The van der Waals surface area contributed by atoms with Gasteiger partial charge in [0, 0.05) is 0 Å². The molecule has 0 fully saturated rings. The maximum Gasteiger partial charge on any atom is 0.673 e. The fourth-order valence-corrected chi connectivity index (χ4v) is 0.942. The van der Waals surface area contributed by atoms with Crippen molar-refractivity contribution in [1.82, 2.24) is 0 Å². The number of rotatable bonds is 4. The quantitative estimate of drug-likeness (QED) is 0.268. The minimum Gasteiger partial charge on any atom is -0.418 e. The van der Waals surface area contributed by atoms with Crippen LogP contribution in [0.5, 0.6) is 0 Å². The molecular weight excluding hydrogens is 227 g/mol. The summed E-state index contributed by atoms with van der Waals surface area (Å²) in [6, 6.07) is 0. The Bertz CT molecular complexity index is 242. The summed E-state index contributed by atoms with van der Waals surface area (Å²) < 4.78 is 67.2. The monoisotopic (exact) mass is 237 g/mol. The minimum absolute atomic E-state index is 0.168. The molecule has 0 amide bonds. The first kappa shape index (κ1) is 15.9. The summed E-state index contributed by atoms with van der Waals surface area (Å²) in [5.74, 6) is -0.168. The largest absolute Gasteiger partial charge is 0.673 e. The Morgan fingerprint density at radius 1 is 1.29 bits per heavy atom. The van der Waals surface area contributed by atoms with Crippen molar-refractivity contribution in [3.8, 4) is 0 Å². The van der Waals surface area contributed by atoms with Gasteiger partial charge in [-0.15, -0.1) is 6.58 Å². The van der Waals surface area contributed by atoms with E-state index in [4.69, 9.17) is 4.55 Å². The Kier molecular flexibility index (Phi) is 7.75. The third-order valence-electron chi connectivity index (χ3n) is 0.811. The zero-order valence-electron chi connectivity index (χ0n) is 7.17. The lowest BCUT2D eigenvalue weighted by molar-refractivity contribution is 0.368. The van der Waals surface area contributed by atoms with Gasteiger partial charge in [-0.05, 0) is 12.8 Å². The van der Waals surface area contributed by atoms with Crippen LogP contribution in [0.25, 0.3) is 0 Å². The fourth-order valence-electron chi connectivity index (χ4n) is 0.410. The molecule has 0 rings (SSSR count). The van der Waals surface area contributed by atoms with Crippen molar-refractivity contribution < 1.29 is 30.2 Å². The fraction of sp³-hybridized carbons (Fsp3) is 0.600. The predicted octanol–water partition coefficient (Wildman–Crippen LogP) is 2.14. The van der Waals surface area contributed by atoms with Crippen LogP contribution in [0.3, 0.4) is 0 Å². The van der Waals surface area contributed by atoms with Gasteiger partial charge in [-0.25, -0.2) is 0 Å². The molecule has 0 aromatic rings. The number of halogens is 4. The average molecular weight is 237 g/mol. The molecule has 0 unspecified atom stereocenters. The first-order chi connectivity index (χ1) is 6.06. The second-order valence-electron chi connectivity index (χ2n) is 2.21. The van der Waals surface area contributed by atoms with Gasteiger partial charge in [-0.3, -0.25) is 4.55 Å². The Morgan fingerprint density at radius 2 is 1.64 bits per heavy atom. The molecule has 0 aliphatic rings. The number of allylic oxidation sites excluding steroid dienone is 1. The van der Waals surface area contributed by atoms with Crippen molar-refractivity contribution >= 4 is 17.4 Å². The summed E-state index contributed by atoms with van der Waals surface area (Å²) in [5.41, 5.74) is 0. The van der Waals surface area contributed by atoms with Gasteiger partial charge < -0.3 is 17.3 Å². The highest BCUT2D eigenvalue weighted by Crippen LogP contribution is 2.06. The van der Waals surface area contributed by atoms with E-state index in [0.717, 1.165) is 0 Å². The lowest BCUT2D eigenvalue weighted by Gasteiger charge is -1.94. The lowest BCUT2D eigenvalue weighted by atomic mass is 10.3. The van der Waals surface area contributed by atoms with Crippen LogP contribution in [0, 0.1) is 0 Å². The van der Waals surface area contributed by atoms with E-state index in [1.165, 1.54) is 0 Å². The summed E-state index contributed by atoms with van der Waals surface area (Å²) in [6.45, 7) is 3.40. The molecular formula is C5H10BF4O3S-. The SMILES string of the molecule is C=CCCCS(=O)(=O)O.F[B-](F)(F)F. The molecule has 1 N–H and O–H groups in total. The zero-order chi connectivity index (χ0) is 11.8. The Morgan fingerprint density at radius 3 is 1.86 bits per heavy atom. The van der Waals surface area contributed by atoms with Gasteiger partial charge in [0.1, 0.15) is 0 Å². The number of unbranched alkanes of at least 4 members (excludes halogenated alkanes) is 1. The third-order valence-corrected chi connectivity index (χ3v) is 1.62. The van der Waals surface area contributed by atoms with Gasteiger partial charge >= 0.3 is 7.25 Å². The van der Waals surface area contributed by atoms with Crippen molar-refractivity contribution in [3.63, 3.8) is 0 Å². The highest BCUT2D eigenvalue weighted by Gasteiger charge is 2.20. The van der Waals surface area contributed by atoms with Crippen molar-refractivity contribution in [2.45, 2.75) is 12.8 Å². The van der Waals surface area contributed by atoms with Gasteiger partial charge in [0.15, 0.2) is 0 Å². The van der Waals surface area contributed by atoms with Crippen LogP contribution in [0.15, 0.2) is 12.7 Å². The minimum atomic E-state index is -6.00. The first-order valence-electron chi connectivity index (χ1n) is 3.49. The highest BCUT2D eigenvalue weighted by atomic mass is 32.2. The molecule has 0 spiro atoms. The summed E-state index contributed by atoms with van der Waals surface area (Å²) in [6.07, 6.45) is 2.69. The van der Waals surface area contributed by atoms with Crippen molar-refractivity contribution in [2.24, 2.45) is 0 Å². The molecule has 86 valence electrons. The van der Waals surface area contributed by atoms with E-state index < -0.39 is 17.4 Å². The van der Waals surface area contributed by atoms with Crippen LogP contribution in [-0.2, 0) is 10.1 Å². The van der Waals surface area contributed by atoms with E-state index in [9.17, 15) is 25.7 Å². The zero-order valence-corrected chi connectivity index (χ0v) is 7.98. The maximum atomic E-state index is 10.0. The molecule has 0 heterocycles. The van der Waals surface area contributed by atoms with Crippen molar-refractivity contribution in [2.75, 3.05) is 5.75 Å². The maximum absolute atomic E-state index is 10.0. The second-order valence-corrected chi connectivity index (χ2v) is 3.78. The van der Waals surface area contributed by atoms with E-state index >= 15 is 0 Å². The van der Waals surface area contributed by atoms with Crippen LogP contribution in [0.2, 0.25) is 0 Å². The van der Waals surface area contributed by atoms with Crippen LogP contribution in [-0.4, -0.2) is 26.0 Å². The summed E-state index contributed by atoms with van der Waals surface area (Å²) >= 11 is 0. The molecule has 0 aliphatic carbocycles. The highest BCUT2D eigenvalue weighted by molar-refractivity contribution is 7.85. The smallest absolute Gasteiger partial charge is 0.418 e. The molecule has 0 aromatic carbocycles. The topological polar surface area (TPSA) is 54.4 Å². The molecule has 0 saturated carbocycles. The lowest BCUT2D eigenvalue weighted by Crippen LogP contribution is -2.02.